The van der Waals surface area contributed by atoms with Gasteiger partial charge in [0.15, 0.2) is 0 Å². The molecule has 1 fully saturated rings. The van der Waals surface area contributed by atoms with Crippen LogP contribution in [0, 0.1) is 0 Å². The summed E-state index contributed by atoms with van der Waals surface area (Å²) in [6.07, 6.45) is 2.18. The van der Waals surface area contributed by atoms with Crippen molar-refractivity contribution in [1.29, 1.82) is 0 Å². The van der Waals surface area contributed by atoms with Crippen molar-refractivity contribution >= 4 is 18.3 Å². The molecule has 1 aliphatic heterocycles. The van der Waals surface area contributed by atoms with Gasteiger partial charge in [0.1, 0.15) is 5.75 Å². The molecule has 0 aliphatic carbocycles. The van der Waals surface area contributed by atoms with E-state index in [1.807, 2.05) is 24.3 Å². The van der Waals surface area contributed by atoms with E-state index in [9.17, 15) is 4.79 Å². The maximum atomic E-state index is 12.3. The normalized spacial score (nSPS) is 18.4. The van der Waals surface area contributed by atoms with Crippen LogP contribution in [0.15, 0.2) is 24.3 Å². The van der Waals surface area contributed by atoms with Gasteiger partial charge in [-0.15, -0.1) is 12.4 Å². The number of hydrogen-bond acceptors (Lipinski definition) is 4. The monoisotopic (exact) mass is 328 g/mol. The molecule has 1 aromatic carbocycles. The van der Waals surface area contributed by atoms with E-state index >= 15 is 0 Å². The van der Waals surface area contributed by atoms with E-state index in [0.29, 0.717) is 13.1 Å². The molecule has 124 valence electrons. The molecule has 1 saturated heterocycles. The molecule has 22 heavy (non-hydrogen) atoms. The van der Waals surface area contributed by atoms with Crippen molar-refractivity contribution in [2.45, 2.75) is 38.5 Å². The second kappa shape index (κ2) is 8.98. The van der Waals surface area contributed by atoms with Crippen LogP contribution in [0.25, 0.3) is 0 Å². The smallest absolute Gasteiger partial charge is 0.239 e. The largest absolute Gasteiger partial charge is 0.497 e. The third-order valence-electron chi connectivity index (χ3n) is 3.66. The van der Waals surface area contributed by atoms with Gasteiger partial charge >= 0.3 is 0 Å². The Labute approximate surface area is 138 Å². The predicted molar refractivity (Wildman–Crippen MR) is 88.3 cm³/mol. The fourth-order valence-electron chi connectivity index (χ4n) is 2.55. The van der Waals surface area contributed by atoms with Gasteiger partial charge in [-0.05, 0) is 37.5 Å². The molecule has 0 radical (unpaired) electrons. The zero-order valence-electron chi connectivity index (χ0n) is 13.2. The zero-order chi connectivity index (χ0) is 15.2. The number of hydrogen-bond donors (Lipinski definition) is 1. The maximum Gasteiger partial charge on any atom is 0.239 e. The molecular formula is C16H25ClN2O3. The van der Waals surface area contributed by atoms with Crippen molar-refractivity contribution in [2.75, 3.05) is 20.3 Å². The van der Waals surface area contributed by atoms with Crippen molar-refractivity contribution in [3.8, 4) is 5.75 Å². The van der Waals surface area contributed by atoms with E-state index in [-0.39, 0.29) is 24.4 Å². The van der Waals surface area contributed by atoms with Gasteiger partial charge in [-0.1, -0.05) is 12.1 Å². The summed E-state index contributed by atoms with van der Waals surface area (Å²) in [5.41, 5.74) is 6.79. The molecule has 2 atom stereocenters. The number of amides is 1. The first-order chi connectivity index (χ1) is 10.1. The SMILES string of the molecule is COc1cccc(CN(CC2CCCO2)C(=O)[C@H](C)N)c1.Cl. The van der Waals surface area contributed by atoms with E-state index in [1.165, 1.54) is 0 Å². The van der Waals surface area contributed by atoms with Crippen LogP contribution in [0.1, 0.15) is 25.3 Å². The van der Waals surface area contributed by atoms with E-state index in [1.54, 1.807) is 18.9 Å². The number of methoxy groups -OCH3 is 1. The number of ether oxygens (including phenoxy) is 2. The Bertz CT molecular complexity index is 476. The summed E-state index contributed by atoms with van der Waals surface area (Å²) in [5, 5.41) is 0. The Morgan fingerprint density at radius 1 is 1.55 bits per heavy atom. The van der Waals surface area contributed by atoms with E-state index < -0.39 is 6.04 Å². The minimum atomic E-state index is -0.503. The Hall–Kier alpha value is -1.30. The first-order valence-electron chi connectivity index (χ1n) is 7.39. The highest BCUT2D eigenvalue weighted by molar-refractivity contribution is 5.85. The fraction of sp³-hybridized carbons (Fsp3) is 0.562. The van der Waals surface area contributed by atoms with Crippen LogP contribution in [-0.4, -0.2) is 43.2 Å². The van der Waals surface area contributed by atoms with Crippen LogP contribution in [0.2, 0.25) is 0 Å². The molecule has 0 spiro atoms. The molecule has 1 unspecified atom stereocenters. The molecule has 0 bridgehead atoms. The molecule has 1 aliphatic rings. The van der Waals surface area contributed by atoms with Crippen LogP contribution >= 0.6 is 12.4 Å². The molecule has 2 rings (SSSR count). The van der Waals surface area contributed by atoms with Crippen LogP contribution in [0.5, 0.6) is 5.75 Å². The zero-order valence-corrected chi connectivity index (χ0v) is 14.0. The van der Waals surface area contributed by atoms with E-state index in [0.717, 1.165) is 30.8 Å². The quantitative estimate of drug-likeness (QED) is 0.867. The summed E-state index contributed by atoms with van der Waals surface area (Å²) in [4.78, 5) is 14.1. The summed E-state index contributed by atoms with van der Waals surface area (Å²) >= 11 is 0. The average molecular weight is 329 g/mol. The van der Waals surface area contributed by atoms with Gasteiger partial charge in [-0.2, -0.15) is 0 Å². The van der Waals surface area contributed by atoms with Gasteiger partial charge in [0.25, 0.3) is 0 Å². The number of halogens is 1. The fourth-order valence-corrected chi connectivity index (χ4v) is 2.55. The van der Waals surface area contributed by atoms with Gasteiger partial charge in [0, 0.05) is 19.7 Å². The first kappa shape index (κ1) is 18.7. The lowest BCUT2D eigenvalue weighted by Gasteiger charge is -2.27. The van der Waals surface area contributed by atoms with Gasteiger partial charge < -0.3 is 20.1 Å². The molecule has 5 nitrogen and oxygen atoms in total. The number of benzene rings is 1. The minimum Gasteiger partial charge on any atom is -0.497 e. The Morgan fingerprint density at radius 2 is 2.32 bits per heavy atom. The summed E-state index contributed by atoms with van der Waals surface area (Å²) in [5.74, 6) is 0.742. The second-order valence-electron chi connectivity index (χ2n) is 5.49. The van der Waals surface area contributed by atoms with Gasteiger partial charge in [0.2, 0.25) is 5.91 Å². The molecule has 0 saturated carbocycles. The standard InChI is InChI=1S/C16H24N2O3.ClH/c1-12(17)16(19)18(11-15-7-4-8-21-15)10-13-5-3-6-14(9-13)20-2;/h3,5-6,9,12,15H,4,7-8,10-11,17H2,1-2H3;1H/t12-,15?;/m0./s1. The third-order valence-corrected chi connectivity index (χ3v) is 3.66. The molecule has 0 aromatic heterocycles. The summed E-state index contributed by atoms with van der Waals surface area (Å²) in [6, 6.07) is 7.24. The maximum absolute atomic E-state index is 12.3. The highest BCUT2D eigenvalue weighted by atomic mass is 35.5. The number of nitrogens with zero attached hydrogens (tertiary/aromatic N) is 1. The van der Waals surface area contributed by atoms with Crippen LogP contribution in [0.4, 0.5) is 0 Å². The van der Waals surface area contributed by atoms with Crippen molar-refractivity contribution < 1.29 is 14.3 Å². The molecule has 2 N–H and O–H groups in total. The average Bonchev–Trinajstić information content (AvgIpc) is 2.99. The Balaban J connectivity index is 0.00000242. The highest BCUT2D eigenvalue weighted by Gasteiger charge is 2.24. The lowest BCUT2D eigenvalue weighted by Crippen LogP contribution is -2.44. The Morgan fingerprint density at radius 3 is 2.91 bits per heavy atom. The van der Waals surface area contributed by atoms with Gasteiger partial charge in [-0.25, -0.2) is 0 Å². The number of rotatable bonds is 6. The number of nitrogens with two attached hydrogens (primary N) is 1. The van der Waals surface area contributed by atoms with Crippen molar-refractivity contribution in [1.82, 2.24) is 4.90 Å². The molecule has 1 aromatic rings. The van der Waals surface area contributed by atoms with E-state index in [2.05, 4.69) is 0 Å². The van der Waals surface area contributed by atoms with Crippen molar-refractivity contribution in [3.63, 3.8) is 0 Å². The van der Waals surface area contributed by atoms with Crippen LogP contribution < -0.4 is 10.5 Å². The third kappa shape index (κ3) is 5.16. The summed E-state index contributed by atoms with van der Waals surface area (Å²) in [7, 11) is 1.64. The van der Waals surface area contributed by atoms with Crippen LogP contribution in [0.3, 0.4) is 0 Å². The summed E-state index contributed by atoms with van der Waals surface area (Å²) < 4.78 is 10.9. The molecule has 1 amide bonds. The predicted octanol–water partition coefficient (Wildman–Crippen LogP) is 1.97. The number of carbonyl (C=O) groups excluding carboxylic acids is 1. The molecule has 1 heterocycles. The highest BCUT2D eigenvalue weighted by Crippen LogP contribution is 2.18. The van der Waals surface area contributed by atoms with Gasteiger partial charge in [-0.3, -0.25) is 4.79 Å². The minimum absolute atomic E-state index is 0. The van der Waals surface area contributed by atoms with E-state index in [4.69, 9.17) is 15.2 Å². The molecular weight excluding hydrogens is 304 g/mol. The first-order valence-corrected chi connectivity index (χ1v) is 7.39. The summed E-state index contributed by atoms with van der Waals surface area (Å²) in [6.45, 7) is 3.62. The Kier molecular flexibility index (Phi) is 7.65. The molecule has 6 heteroatoms. The topological polar surface area (TPSA) is 64.8 Å². The lowest BCUT2D eigenvalue weighted by atomic mass is 10.1. The van der Waals surface area contributed by atoms with Crippen molar-refractivity contribution in [3.05, 3.63) is 29.8 Å². The van der Waals surface area contributed by atoms with Crippen molar-refractivity contribution in [2.24, 2.45) is 5.73 Å². The number of carbonyl (C=O) groups is 1. The second-order valence-corrected chi connectivity index (χ2v) is 5.49. The van der Waals surface area contributed by atoms with Crippen LogP contribution in [-0.2, 0) is 16.1 Å². The van der Waals surface area contributed by atoms with Gasteiger partial charge in [0.05, 0.1) is 19.3 Å². The lowest BCUT2D eigenvalue weighted by molar-refractivity contribution is -0.134.